The van der Waals surface area contributed by atoms with Gasteiger partial charge in [-0.3, -0.25) is 4.79 Å². The fourth-order valence-electron chi connectivity index (χ4n) is 2.70. The minimum absolute atomic E-state index is 0.0468. The molecule has 2 aromatic heterocycles. The third-order valence-corrected chi connectivity index (χ3v) is 5.06. The van der Waals surface area contributed by atoms with Gasteiger partial charge in [0, 0.05) is 29.8 Å². The highest BCUT2D eigenvalue weighted by Crippen LogP contribution is 2.34. The van der Waals surface area contributed by atoms with Crippen molar-refractivity contribution >= 4 is 23.1 Å². The van der Waals surface area contributed by atoms with Crippen LogP contribution in [-0.2, 0) is 6.42 Å². The largest absolute Gasteiger partial charge is 0.481 e. The molecule has 0 amide bonds. The Hall–Kier alpha value is -2.99. The number of thiophene rings is 1. The Labute approximate surface area is 154 Å². The fraction of sp³-hybridized carbons (Fsp3) is 0.150. The van der Waals surface area contributed by atoms with Gasteiger partial charge < -0.3 is 9.84 Å². The Morgan fingerprint density at radius 2 is 2.04 bits per heavy atom. The SMILES string of the molecule is COc1ccc(-c2scc(CC(=O)c3cccc(C)c3)c2C(=O)O)cn1. The molecule has 0 aliphatic carbocycles. The molecule has 2 heterocycles. The maximum atomic E-state index is 12.6. The molecule has 5 nitrogen and oxygen atoms in total. The van der Waals surface area contributed by atoms with Crippen LogP contribution >= 0.6 is 11.3 Å². The van der Waals surface area contributed by atoms with E-state index >= 15 is 0 Å². The number of carbonyl (C=O) groups excluding carboxylic acids is 1. The van der Waals surface area contributed by atoms with E-state index < -0.39 is 5.97 Å². The van der Waals surface area contributed by atoms with Crippen molar-refractivity contribution in [3.8, 4) is 16.3 Å². The molecule has 6 heteroatoms. The number of pyridine rings is 1. The normalized spacial score (nSPS) is 10.5. The summed E-state index contributed by atoms with van der Waals surface area (Å²) in [4.78, 5) is 29.1. The van der Waals surface area contributed by atoms with Crippen LogP contribution in [-0.4, -0.2) is 29.0 Å². The van der Waals surface area contributed by atoms with Gasteiger partial charge in [-0.2, -0.15) is 0 Å². The minimum atomic E-state index is -1.05. The van der Waals surface area contributed by atoms with Crippen molar-refractivity contribution in [3.05, 3.63) is 70.2 Å². The van der Waals surface area contributed by atoms with E-state index in [9.17, 15) is 14.7 Å². The number of carbonyl (C=O) groups is 2. The Morgan fingerprint density at radius 1 is 1.23 bits per heavy atom. The summed E-state index contributed by atoms with van der Waals surface area (Å²) in [6.45, 7) is 1.92. The van der Waals surface area contributed by atoms with Crippen LogP contribution in [0.15, 0.2) is 48.0 Å². The number of hydrogen-bond acceptors (Lipinski definition) is 5. The number of benzene rings is 1. The number of aryl methyl sites for hydroxylation is 1. The van der Waals surface area contributed by atoms with E-state index in [-0.39, 0.29) is 17.8 Å². The van der Waals surface area contributed by atoms with E-state index in [1.165, 1.54) is 18.4 Å². The molecule has 0 aliphatic rings. The van der Waals surface area contributed by atoms with Gasteiger partial charge in [-0.1, -0.05) is 23.8 Å². The first kappa shape index (κ1) is 17.8. The number of Topliss-reactive ketones (excluding diaryl/α,β-unsaturated/α-hetero) is 1. The van der Waals surface area contributed by atoms with Crippen LogP contribution in [0.25, 0.3) is 10.4 Å². The van der Waals surface area contributed by atoms with Crippen LogP contribution in [0, 0.1) is 6.92 Å². The monoisotopic (exact) mass is 367 g/mol. The molecule has 0 saturated carbocycles. The first-order chi connectivity index (χ1) is 12.5. The van der Waals surface area contributed by atoms with Crippen LogP contribution in [0.5, 0.6) is 5.88 Å². The van der Waals surface area contributed by atoms with E-state index in [0.717, 1.165) is 5.56 Å². The zero-order valence-electron chi connectivity index (χ0n) is 14.4. The van der Waals surface area contributed by atoms with E-state index in [0.29, 0.717) is 27.4 Å². The zero-order valence-corrected chi connectivity index (χ0v) is 15.2. The topological polar surface area (TPSA) is 76.5 Å². The van der Waals surface area contributed by atoms with Gasteiger partial charge in [0.05, 0.1) is 17.6 Å². The summed E-state index contributed by atoms with van der Waals surface area (Å²) >= 11 is 1.30. The summed E-state index contributed by atoms with van der Waals surface area (Å²) < 4.78 is 5.03. The molecular formula is C20H17NO4S. The molecule has 0 radical (unpaired) electrons. The summed E-state index contributed by atoms with van der Waals surface area (Å²) in [6.07, 6.45) is 1.62. The number of carboxylic acid groups (broad SMARTS) is 1. The van der Waals surface area contributed by atoms with Gasteiger partial charge in [0.25, 0.3) is 0 Å². The Balaban J connectivity index is 1.94. The van der Waals surface area contributed by atoms with Crippen molar-refractivity contribution in [2.45, 2.75) is 13.3 Å². The highest BCUT2D eigenvalue weighted by Gasteiger charge is 2.22. The van der Waals surface area contributed by atoms with Crippen LogP contribution in [0.2, 0.25) is 0 Å². The lowest BCUT2D eigenvalue weighted by Gasteiger charge is -2.05. The van der Waals surface area contributed by atoms with Gasteiger partial charge in [-0.15, -0.1) is 11.3 Å². The highest BCUT2D eigenvalue weighted by atomic mass is 32.1. The van der Waals surface area contributed by atoms with Crippen molar-refractivity contribution in [3.63, 3.8) is 0 Å². The van der Waals surface area contributed by atoms with Gasteiger partial charge in [-0.05, 0) is 30.0 Å². The van der Waals surface area contributed by atoms with Crippen molar-refractivity contribution in [1.29, 1.82) is 0 Å². The van der Waals surface area contributed by atoms with Crippen LogP contribution < -0.4 is 4.74 Å². The number of ketones is 1. The summed E-state index contributed by atoms with van der Waals surface area (Å²) in [5, 5.41) is 11.4. The second-order valence-corrected chi connectivity index (χ2v) is 6.71. The standard InChI is InChI=1S/C20H17NO4S/c1-12-4-3-5-13(8-12)16(22)9-15-11-26-19(18(15)20(23)24)14-6-7-17(25-2)21-10-14/h3-8,10-11H,9H2,1-2H3,(H,23,24). The maximum Gasteiger partial charge on any atom is 0.337 e. The highest BCUT2D eigenvalue weighted by molar-refractivity contribution is 7.14. The van der Waals surface area contributed by atoms with E-state index in [1.54, 1.807) is 29.8 Å². The molecule has 0 bridgehead atoms. The molecule has 0 atom stereocenters. The summed E-state index contributed by atoms with van der Waals surface area (Å²) in [7, 11) is 1.52. The number of rotatable bonds is 6. The molecule has 1 aromatic carbocycles. The minimum Gasteiger partial charge on any atom is -0.481 e. The molecule has 3 aromatic rings. The summed E-state index contributed by atoms with van der Waals surface area (Å²) in [5.74, 6) is -0.699. The molecule has 26 heavy (non-hydrogen) atoms. The van der Waals surface area contributed by atoms with Gasteiger partial charge in [-0.25, -0.2) is 9.78 Å². The first-order valence-electron chi connectivity index (χ1n) is 7.93. The number of aromatic carboxylic acids is 1. The van der Waals surface area contributed by atoms with E-state index in [2.05, 4.69) is 4.98 Å². The quantitative estimate of drug-likeness (QED) is 0.659. The lowest BCUT2D eigenvalue weighted by atomic mass is 9.99. The Bertz CT molecular complexity index is 960. The van der Waals surface area contributed by atoms with E-state index in [1.807, 2.05) is 25.1 Å². The van der Waals surface area contributed by atoms with Gasteiger partial charge >= 0.3 is 5.97 Å². The van der Waals surface area contributed by atoms with Crippen LogP contribution in [0.1, 0.15) is 31.8 Å². The molecule has 0 fully saturated rings. The number of methoxy groups -OCH3 is 1. The maximum absolute atomic E-state index is 12.6. The van der Waals surface area contributed by atoms with Gasteiger partial charge in [0.15, 0.2) is 5.78 Å². The zero-order chi connectivity index (χ0) is 18.7. The third-order valence-electron chi connectivity index (χ3n) is 3.98. The second-order valence-electron chi connectivity index (χ2n) is 5.83. The Kier molecular flexibility index (Phi) is 5.14. The lowest BCUT2D eigenvalue weighted by Crippen LogP contribution is -2.08. The van der Waals surface area contributed by atoms with Crippen LogP contribution in [0.4, 0.5) is 0 Å². The number of hydrogen-bond donors (Lipinski definition) is 1. The number of nitrogens with zero attached hydrogens (tertiary/aromatic N) is 1. The molecule has 0 aliphatic heterocycles. The number of carboxylic acids is 1. The van der Waals surface area contributed by atoms with E-state index in [4.69, 9.17) is 4.74 Å². The summed E-state index contributed by atoms with van der Waals surface area (Å²) in [6, 6.07) is 10.7. The molecule has 0 unspecified atom stereocenters. The third kappa shape index (κ3) is 3.65. The molecule has 1 N–H and O–H groups in total. The summed E-state index contributed by atoms with van der Waals surface area (Å²) in [5.41, 5.74) is 2.93. The molecule has 132 valence electrons. The predicted octanol–water partition coefficient (Wildman–Crippen LogP) is 4.25. The first-order valence-corrected chi connectivity index (χ1v) is 8.81. The van der Waals surface area contributed by atoms with Crippen molar-refractivity contribution in [2.75, 3.05) is 7.11 Å². The second kappa shape index (κ2) is 7.49. The van der Waals surface area contributed by atoms with Gasteiger partial charge in [0.1, 0.15) is 0 Å². The fourth-order valence-corrected chi connectivity index (χ4v) is 3.75. The predicted molar refractivity (Wildman–Crippen MR) is 100 cm³/mol. The molecule has 0 spiro atoms. The lowest BCUT2D eigenvalue weighted by molar-refractivity contribution is 0.0697. The van der Waals surface area contributed by atoms with Crippen molar-refractivity contribution < 1.29 is 19.4 Å². The number of aromatic nitrogens is 1. The molecular weight excluding hydrogens is 350 g/mol. The Morgan fingerprint density at radius 3 is 2.65 bits per heavy atom. The molecule has 0 saturated heterocycles. The average molecular weight is 367 g/mol. The number of ether oxygens (including phenoxy) is 1. The molecule has 3 rings (SSSR count). The van der Waals surface area contributed by atoms with Gasteiger partial charge in [0.2, 0.25) is 5.88 Å². The van der Waals surface area contributed by atoms with Crippen molar-refractivity contribution in [2.24, 2.45) is 0 Å². The van der Waals surface area contributed by atoms with Crippen LogP contribution in [0.3, 0.4) is 0 Å². The van der Waals surface area contributed by atoms with Crippen molar-refractivity contribution in [1.82, 2.24) is 4.98 Å². The smallest absolute Gasteiger partial charge is 0.337 e. The average Bonchev–Trinajstić information content (AvgIpc) is 3.05.